The summed E-state index contributed by atoms with van der Waals surface area (Å²) in [5, 5.41) is 87.0. The summed E-state index contributed by atoms with van der Waals surface area (Å²) in [5.74, 6) is -0.246. The molecule has 0 radical (unpaired) electrons. The first-order valence-corrected chi connectivity index (χ1v) is 31.1. The highest BCUT2D eigenvalue weighted by atomic mass is 16.7. The summed E-state index contributed by atoms with van der Waals surface area (Å²) in [6, 6.07) is -0.927. The third kappa shape index (κ3) is 33.0. The molecular weight excluding hydrogens is 955 g/mol. The van der Waals surface area contributed by atoms with Gasteiger partial charge in [0.25, 0.3) is 0 Å². The van der Waals surface area contributed by atoms with E-state index in [4.69, 9.17) is 18.9 Å². The molecule has 0 spiro atoms. The average molecular weight is 1070 g/mol. The van der Waals surface area contributed by atoms with Gasteiger partial charge in [0.05, 0.1) is 32.0 Å². The zero-order valence-corrected chi connectivity index (χ0v) is 47.6. The van der Waals surface area contributed by atoms with Crippen molar-refractivity contribution >= 4 is 5.91 Å². The van der Waals surface area contributed by atoms with Gasteiger partial charge in [-0.2, -0.15) is 0 Å². The summed E-state index contributed by atoms with van der Waals surface area (Å²) in [6.07, 6.45) is 39.5. The smallest absolute Gasteiger partial charge is 0.220 e. The topological polar surface area (TPSA) is 228 Å². The average Bonchev–Trinajstić information content (AvgIpc) is 3.41. The Balaban J connectivity index is 1.72. The predicted molar refractivity (Wildman–Crippen MR) is 300 cm³/mol. The molecule has 2 heterocycles. The van der Waals surface area contributed by atoms with Gasteiger partial charge in [0.15, 0.2) is 12.6 Å². The maximum atomic E-state index is 13.2. The number of ether oxygens (including phenoxy) is 4. The highest BCUT2D eigenvalue weighted by molar-refractivity contribution is 5.76. The molecule has 2 saturated heterocycles. The number of carbonyl (C=O) groups is 1. The maximum Gasteiger partial charge on any atom is 0.220 e. The molecule has 14 nitrogen and oxygen atoms in total. The molecule has 2 aliphatic heterocycles. The standard InChI is InChI=1S/C61H115NO13/c1-3-5-7-9-11-13-15-17-18-19-20-21-22-23-24-25-26-27-28-29-30-31-33-34-36-38-40-42-44-50(65)49(62-53(66)45-43-41-39-37-35-32-16-14-12-10-8-6-4-2)48-72-60-58(71)56(69)59(52(47-64)74-60)75-61-57(70)55(68)54(67)51(46-63)73-61/h34,36,42,44,49-52,54-61,63-65,67-71H,3-33,35,37-41,43,45-48H2,1-2H3,(H,62,66)/b36-34+,44-42+. The van der Waals surface area contributed by atoms with E-state index in [0.717, 1.165) is 32.1 Å². The summed E-state index contributed by atoms with van der Waals surface area (Å²) in [6.45, 7) is 2.80. The third-order valence-corrected chi connectivity index (χ3v) is 15.4. The second-order valence-electron chi connectivity index (χ2n) is 22.2. The van der Waals surface area contributed by atoms with Gasteiger partial charge in [-0.1, -0.05) is 250 Å². The molecule has 442 valence electrons. The lowest BCUT2D eigenvalue weighted by Gasteiger charge is -2.46. The Bertz CT molecular complexity index is 1350. The monoisotopic (exact) mass is 1070 g/mol. The molecule has 9 N–H and O–H groups in total. The molecule has 12 atom stereocenters. The number of hydrogen-bond acceptors (Lipinski definition) is 13. The van der Waals surface area contributed by atoms with Crippen LogP contribution in [0, 0.1) is 0 Å². The lowest BCUT2D eigenvalue weighted by molar-refractivity contribution is -0.359. The SMILES string of the molecule is CCCCCCCCCCCCCCCCCCCCCCCC/C=C/CC/C=C/C(O)C(COC1OC(CO)C(OC2OC(CO)C(O)C(O)C2O)C(O)C1O)NC(=O)CCCCCCCCCCCCCCC. The molecule has 0 saturated carbocycles. The highest BCUT2D eigenvalue weighted by Gasteiger charge is 2.51. The predicted octanol–water partition coefficient (Wildman–Crippen LogP) is 10.8. The van der Waals surface area contributed by atoms with Crippen molar-refractivity contribution < 1.29 is 64.6 Å². The van der Waals surface area contributed by atoms with Crippen LogP contribution in [0.5, 0.6) is 0 Å². The van der Waals surface area contributed by atoms with Crippen molar-refractivity contribution in [2.24, 2.45) is 0 Å². The Labute approximate surface area is 456 Å². The van der Waals surface area contributed by atoms with Crippen LogP contribution in [0.3, 0.4) is 0 Å². The van der Waals surface area contributed by atoms with Gasteiger partial charge in [-0.3, -0.25) is 4.79 Å². The number of allylic oxidation sites excluding steroid dienone is 3. The van der Waals surface area contributed by atoms with Crippen LogP contribution >= 0.6 is 0 Å². The van der Waals surface area contributed by atoms with Crippen molar-refractivity contribution in [2.45, 2.75) is 338 Å². The van der Waals surface area contributed by atoms with Crippen LogP contribution in [0.1, 0.15) is 264 Å². The lowest BCUT2D eigenvalue weighted by Crippen LogP contribution is -2.65. The first kappa shape index (κ1) is 69.6. The van der Waals surface area contributed by atoms with E-state index in [1.54, 1.807) is 6.08 Å². The maximum absolute atomic E-state index is 13.2. The molecule has 2 rings (SSSR count). The number of rotatable bonds is 50. The molecule has 0 aromatic carbocycles. The van der Waals surface area contributed by atoms with E-state index in [1.165, 1.54) is 199 Å². The summed E-state index contributed by atoms with van der Waals surface area (Å²) < 4.78 is 22.8. The van der Waals surface area contributed by atoms with E-state index >= 15 is 0 Å². The van der Waals surface area contributed by atoms with Crippen molar-refractivity contribution in [2.75, 3.05) is 19.8 Å². The van der Waals surface area contributed by atoms with Crippen molar-refractivity contribution in [3.8, 4) is 0 Å². The number of carbonyl (C=O) groups excluding carboxylic acids is 1. The summed E-state index contributed by atoms with van der Waals surface area (Å²) in [5.41, 5.74) is 0. The van der Waals surface area contributed by atoms with Crippen LogP contribution < -0.4 is 5.32 Å². The Morgan fingerprint density at radius 2 is 0.853 bits per heavy atom. The van der Waals surface area contributed by atoms with Crippen LogP contribution in [-0.4, -0.2) is 140 Å². The molecule has 0 bridgehead atoms. The minimum absolute atomic E-state index is 0.246. The van der Waals surface area contributed by atoms with Crippen LogP contribution in [0.4, 0.5) is 0 Å². The molecule has 14 heteroatoms. The third-order valence-electron chi connectivity index (χ3n) is 15.4. The quantitative estimate of drug-likeness (QED) is 0.0204. The Kier molecular flexibility index (Phi) is 43.9. The number of aliphatic hydroxyl groups excluding tert-OH is 8. The molecule has 0 aromatic rings. The Morgan fingerprint density at radius 3 is 1.31 bits per heavy atom. The minimum Gasteiger partial charge on any atom is -0.394 e. The molecule has 0 aliphatic carbocycles. The molecule has 75 heavy (non-hydrogen) atoms. The van der Waals surface area contributed by atoms with Crippen molar-refractivity contribution in [3.63, 3.8) is 0 Å². The van der Waals surface area contributed by atoms with Gasteiger partial charge >= 0.3 is 0 Å². The Hall–Kier alpha value is -1.53. The largest absolute Gasteiger partial charge is 0.394 e. The zero-order valence-electron chi connectivity index (χ0n) is 47.6. The van der Waals surface area contributed by atoms with E-state index in [0.29, 0.717) is 12.8 Å². The van der Waals surface area contributed by atoms with Crippen LogP contribution in [-0.2, 0) is 23.7 Å². The fourth-order valence-electron chi connectivity index (χ4n) is 10.4. The van der Waals surface area contributed by atoms with Gasteiger partial charge < -0.3 is 65.1 Å². The van der Waals surface area contributed by atoms with Gasteiger partial charge in [-0.25, -0.2) is 0 Å². The molecule has 12 unspecified atom stereocenters. The molecule has 0 aromatic heterocycles. The molecule has 2 fully saturated rings. The fourth-order valence-corrected chi connectivity index (χ4v) is 10.4. The lowest BCUT2D eigenvalue weighted by atomic mass is 9.97. The second-order valence-corrected chi connectivity index (χ2v) is 22.2. The first-order valence-electron chi connectivity index (χ1n) is 31.1. The second kappa shape index (κ2) is 47.3. The molecule has 2 aliphatic rings. The van der Waals surface area contributed by atoms with Gasteiger partial charge in [0.2, 0.25) is 5.91 Å². The number of nitrogens with one attached hydrogen (secondary N) is 1. The highest BCUT2D eigenvalue weighted by Crippen LogP contribution is 2.30. The number of hydrogen-bond donors (Lipinski definition) is 9. The molecular formula is C61H115NO13. The number of amides is 1. The zero-order chi connectivity index (χ0) is 54.6. The summed E-state index contributed by atoms with van der Waals surface area (Å²) >= 11 is 0. The normalized spacial score (nSPS) is 25.1. The van der Waals surface area contributed by atoms with E-state index in [9.17, 15) is 45.6 Å². The van der Waals surface area contributed by atoms with Crippen molar-refractivity contribution in [1.82, 2.24) is 5.32 Å². The first-order chi connectivity index (χ1) is 36.6. The summed E-state index contributed by atoms with van der Waals surface area (Å²) in [7, 11) is 0. The van der Waals surface area contributed by atoms with E-state index < -0.39 is 86.8 Å². The minimum atomic E-state index is -1.79. The van der Waals surface area contributed by atoms with E-state index in [2.05, 4.69) is 31.3 Å². The van der Waals surface area contributed by atoms with Gasteiger partial charge in [-0.15, -0.1) is 0 Å². The van der Waals surface area contributed by atoms with Crippen LogP contribution in [0.25, 0.3) is 0 Å². The number of unbranched alkanes of at least 4 members (excludes halogenated alkanes) is 35. The van der Waals surface area contributed by atoms with Crippen LogP contribution in [0.2, 0.25) is 0 Å². The van der Waals surface area contributed by atoms with Crippen LogP contribution in [0.15, 0.2) is 24.3 Å². The van der Waals surface area contributed by atoms with Crippen molar-refractivity contribution in [1.29, 1.82) is 0 Å². The Morgan fingerprint density at radius 1 is 0.467 bits per heavy atom. The van der Waals surface area contributed by atoms with E-state index in [-0.39, 0.29) is 18.9 Å². The summed E-state index contributed by atoms with van der Waals surface area (Å²) in [4.78, 5) is 13.2. The fraction of sp³-hybridized carbons (Fsp3) is 0.918. The number of aliphatic hydroxyl groups is 8. The van der Waals surface area contributed by atoms with Gasteiger partial charge in [0.1, 0.15) is 48.8 Å². The van der Waals surface area contributed by atoms with Gasteiger partial charge in [-0.05, 0) is 32.1 Å². The van der Waals surface area contributed by atoms with E-state index in [1.807, 2.05) is 6.08 Å². The molecule has 1 amide bonds. The van der Waals surface area contributed by atoms with Crippen molar-refractivity contribution in [3.05, 3.63) is 24.3 Å². The van der Waals surface area contributed by atoms with Gasteiger partial charge in [0, 0.05) is 6.42 Å².